The van der Waals surface area contributed by atoms with Gasteiger partial charge >= 0.3 is 0 Å². The van der Waals surface area contributed by atoms with Gasteiger partial charge in [0.25, 0.3) is 0 Å². The number of nitrogens with one attached hydrogen (secondary N) is 2. The summed E-state index contributed by atoms with van der Waals surface area (Å²) in [7, 11) is 1.96. The molecular formula is C25H29ClFN9. The number of piperazine rings is 1. The highest BCUT2D eigenvalue weighted by atomic mass is 35.5. The fourth-order valence-corrected chi connectivity index (χ4v) is 5.20. The fraction of sp³-hybridized carbons (Fsp3) is 0.400. The van der Waals surface area contributed by atoms with Crippen molar-refractivity contribution in [3.63, 3.8) is 0 Å². The van der Waals surface area contributed by atoms with Gasteiger partial charge in [-0.15, -0.1) is 12.4 Å². The molecule has 0 radical (unpaired) electrons. The van der Waals surface area contributed by atoms with E-state index in [1.54, 1.807) is 0 Å². The Morgan fingerprint density at radius 2 is 1.81 bits per heavy atom. The third kappa shape index (κ3) is 4.70. The van der Waals surface area contributed by atoms with Gasteiger partial charge in [-0.3, -0.25) is 4.68 Å². The van der Waals surface area contributed by atoms with E-state index in [0.29, 0.717) is 23.1 Å². The first-order valence-corrected chi connectivity index (χ1v) is 12.2. The van der Waals surface area contributed by atoms with Crippen LogP contribution >= 0.6 is 12.4 Å². The first kappa shape index (κ1) is 24.3. The van der Waals surface area contributed by atoms with Gasteiger partial charge in [0.05, 0.1) is 29.5 Å². The molecule has 2 aliphatic rings. The van der Waals surface area contributed by atoms with Crippen molar-refractivity contribution in [2.75, 3.05) is 36.4 Å². The molecular weight excluding hydrogens is 481 g/mol. The molecule has 11 heteroatoms. The first-order valence-electron chi connectivity index (χ1n) is 12.2. The molecule has 1 saturated heterocycles. The number of rotatable bonds is 5. The maximum absolute atomic E-state index is 14.7. The molecule has 2 fully saturated rings. The van der Waals surface area contributed by atoms with E-state index in [1.807, 2.05) is 42.2 Å². The fourth-order valence-electron chi connectivity index (χ4n) is 5.20. The van der Waals surface area contributed by atoms with Crippen LogP contribution in [0.2, 0.25) is 0 Å². The number of hydrogen-bond donors (Lipinski definition) is 2. The molecule has 0 spiro atoms. The zero-order chi connectivity index (χ0) is 23.8. The zero-order valence-electron chi connectivity index (χ0n) is 20.1. The van der Waals surface area contributed by atoms with E-state index in [0.717, 1.165) is 43.4 Å². The van der Waals surface area contributed by atoms with Crippen molar-refractivity contribution in [3.8, 4) is 11.4 Å². The summed E-state index contributed by atoms with van der Waals surface area (Å²) in [5, 5.41) is 12.1. The lowest BCUT2D eigenvalue weighted by atomic mass is 10.0. The largest absolute Gasteiger partial charge is 0.368 e. The molecule has 2 N–H and O–H groups in total. The van der Waals surface area contributed by atoms with Crippen LogP contribution in [-0.2, 0) is 7.05 Å². The number of fused-ring (bicyclic) bond motifs is 1. The van der Waals surface area contributed by atoms with Crippen molar-refractivity contribution in [1.29, 1.82) is 0 Å². The van der Waals surface area contributed by atoms with Crippen LogP contribution in [0.3, 0.4) is 0 Å². The molecule has 1 aliphatic carbocycles. The maximum atomic E-state index is 14.7. The minimum absolute atomic E-state index is 0. The molecule has 0 bridgehead atoms. The quantitative estimate of drug-likeness (QED) is 0.413. The number of halogens is 2. The van der Waals surface area contributed by atoms with Gasteiger partial charge in [-0.25, -0.2) is 24.3 Å². The summed E-state index contributed by atoms with van der Waals surface area (Å²) in [6, 6.07) is 7.71. The summed E-state index contributed by atoms with van der Waals surface area (Å²) in [5.74, 6) is 0.834. The molecule has 4 aromatic heterocycles. The van der Waals surface area contributed by atoms with E-state index in [4.69, 9.17) is 0 Å². The second-order valence-corrected chi connectivity index (χ2v) is 9.21. The van der Waals surface area contributed by atoms with Crippen LogP contribution in [0, 0.1) is 5.82 Å². The second kappa shape index (κ2) is 10.3. The second-order valence-electron chi connectivity index (χ2n) is 9.21. The molecule has 0 atom stereocenters. The summed E-state index contributed by atoms with van der Waals surface area (Å²) < 4.78 is 16.7. The summed E-state index contributed by atoms with van der Waals surface area (Å²) in [6.07, 6.45) is 7.84. The average molecular weight is 510 g/mol. The Balaban J connectivity index is 0.00000267. The highest BCUT2D eigenvalue weighted by Gasteiger charge is 2.24. The number of nitrogens with zero attached hydrogens (tertiary/aromatic N) is 7. The average Bonchev–Trinajstić information content (AvgIpc) is 3.52. The number of aryl methyl sites for hydroxylation is 1. The van der Waals surface area contributed by atoms with Crippen molar-refractivity contribution in [3.05, 3.63) is 48.2 Å². The van der Waals surface area contributed by atoms with E-state index in [-0.39, 0.29) is 24.0 Å². The van der Waals surface area contributed by atoms with Crippen molar-refractivity contribution < 1.29 is 4.39 Å². The van der Waals surface area contributed by atoms with Gasteiger partial charge in [0, 0.05) is 44.5 Å². The monoisotopic (exact) mass is 509 g/mol. The smallest absolute Gasteiger partial charge is 0.229 e. The standard InChI is InChI=1S/C25H28FN9.ClH/c1-34-23(16-4-2-3-5-16)18-7-8-20(30-24(18)33-34)22-19(26)15-29-25(32-22)31-21-9-6-17(14-28-21)35-12-10-27-11-13-35;/h6-9,14-16,27H,2-5,10-13H2,1H3,(H,28,29,31,32);1H. The number of hydrogen-bond acceptors (Lipinski definition) is 8. The van der Waals surface area contributed by atoms with Gasteiger partial charge in [0.2, 0.25) is 5.95 Å². The summed E-state index contributed by atoms with van der Waals surface area (Å²) in [4.78, 5) is 19.9. The van der Waals surface area contributed by atoms with Crippen molar-refractivity contribution in [2.24, 2.45) is 7.05 Å². The van der Waals surface area contributed by atoms with E-state index >= 15 is 0 Å². The minimum atomic E-state index is -0.531. The third-order valence-electron chi connectivity index (χ3n) is 6.94. The Bertz CT molecular complexity index is 1350. The normalized spacial score (nSPS) is 16.3. The predicted molar refractivity (Wildman–Crippen MR) is 141 cm³/mol. The van der Waals surface area contributed by atoms with Crippen LogP contribution < -0.4 is 15.5 Å². The Morgan fingerprint density at radius 1 is 1.00 bits per heavy atom. The summed E-state index contributed by atoms with van der Waals surface area (Å²) >= 11 is 0. The van der Waals surface area contributed by atoms with Crippen molar-refractivity contribution in [1.82, 2.24) is 35.0 Å². The Labute approximate surface area is 215 Å². The summed E-state index contributed by atoms with van der Waals surface area (Å²) in [6.45, 7) is 3.84. The van der Waals surface area contributed by atoms with E-state index in [9.17, 15) is 4.39 Å². The molecule has 1 saturated carbocycles. The topological polar surface area (TPSA) is 96.7 Å². The highest BCUT2D eigenvalue weighted by molar-refractivity contribution is 5.85. The number of anilines is 3. The van der Waals surface area contributed by atoms with Gasteiger partial charge in [0.15, 0.2) is 11.5 Å². The Hall–Kier alpha value is -3.37. The predicted octanol–water partition coefficient (Wildman–Crippen LogP) is 4.19. The van der Waals surface area contributed by atoms with Crippen LogP contribution in [0.15, 0.2) is 36.7 Å². The zero-order valence-corrected chi connectivity index (χ0v) is 20.9. The van der Waals surface area contributed by atoms with Crippen LogP contribution in [-0.4, -0.2) is 55.9 Å². The molecule has 5 heterocycles. The molecule has 36 heavy (non-hydrogen) atoms. The third-order valence-corrected chi connectivity index (χ3v) is 6.94. The molecule has 0 aromatic carbocycles. The molecule has 188 valence electrons. The molecule has 1 aliphatic heterocycles. The van der Waals surface area contributed by atoms with Gasteiger partial charge < -0.3 is 15.5 Å². The summed E-state index contributed by atoms with van der Waals surface area (Å²) in [5.41, 5.74) is 3.47. The van der Waals surface area contributed by atoms with Crippen LogP contribution in [0.5, 0.6) is 0 Å². The molecule has 9 nitrogen and oxygen atoms in total. The highest BCUT2D eigenvalue weighted by Crippen LogP contribution is 2.37. The molecule has 4 aromatic rings. The molecule has 0 unspecified atom stereocenters. The Morgan fingerprint density at radius 3 is 2.56 bits per heavy atom. The number of aromatic nitrogens is 6. The van der Waals surface area contributed by atoms with Crippen molar-refractivity contribution in [2.45, 2.75) is 31.6 Å². The maximum Gasteiger partial charge on any atom is 0.229 e. The van der Waals surface area contributed by atoms with Crippen LogP contribution in [0.25, 0.3) is 22.4 Å². The van der Waals surface area contributed by atoms with Gasteiger partial charge in [-0.2, -0.15) is 5.10 Å². The lowest BCUT2D eigenvalue weighted by Gasteiger charge is -2.29. The van der Waals surface area contributed by atoms with Gasteiger partial charge in [0.1, 0.15) is 11.5 Å². The van der Waals surface area contributed by atoms with E-state index in [2.05, 4.69) is 40.6 Å². The molecule has 0 amide bonds. The van der Waals surface area contributed by atoms with E-state index in [1.165, 1.54) is 31.4 Å². The minimum Gasteiger partial charge on any atom is -0.368 e. The van der Waals surface area contributed by atoms with Gasteiger partial charge in [-0.05, 0) is 37.1 Å². The molecule has 6 rings (SSSR count). The number of pyridine rings is 2. The lowest BCUT2D eigenvalue weighted by Crippen LogP contribution is -2.43. The van der Waals surface area contributed by atoms with Crippen LogP contribution in [0.4, 0.5) is 21.8 Å². The SMILES string of the molecule is Cl.Cn1nc2nc(-c3nc(Nc4ccc(N5CCNCC5)cn4)ncc3F)ccc2c1C1CCCC1. The van der Waals surface area contributed by atoms with Gasteiger partial charge in [-0.1, -0.05) is 12.8 Å². The Kier molecular flexibility index (Phi) is 6.97. The van der Waals surface area contributed by atoms with E-state index < -0.39 is 5.82 Å². The van der Waals surface area contributed by atoms with Crippen molar-refractivity contribution >= 4 is 40.9 Å². The first-order chi connectivity index (χ1) is 17.2. The lowest BCUT2D eigenvalue weighted by molar-refractivity contribution is 0.589. The van der Waals surface area contributed by atoms with Crippen LogP contribution in [0.1, 0.15) is 37.3 Å².